The molecule has 5 nitrogen and oxygen atoms in total. The number of rotatable bonds is 3. The lowest BCUT2D eigenvalue weighted by molar-refractivity contribution is -0.385. The molecule has 0 unspecified atom stereocenters. The van der Waals surface area contributed by atoms with Crippen LogP contribution >= 0.6 is 23.2 Å². The first-order valence-corrected chi connectivity index (χ1v) is 5.87. The van der Waals surface area contributed by atoms with Crippen LogP contribution in [-0.4, -0.2) is 14.7 Å². The van der Waals surface area contributed by atoms with Crippen LogP contribution in [0.5, 0.6) is 0 Å². The zero-order chi connectivity index (χ0) is 13.3. The monoisotopic (exact) mass is 285 g/mol. The molecular weight excluding hydrogens is 277 g/mol. The van der Waals surface area contributed by atoms with E-state index in [1.54, 1.807) is 13.0 Å². The highest BCUT2D eigenvalue weighted by atomic mass is 35.5. The summed E-state index contributed by atoms with van der Waals surface area (Å²) in [5.41, 5.74) is 0.930. The number of aryl methyl sites for hydroxylation is 1. The Labute approximate surface area is 113 Å². The zero-order valence-electron chi connectivity index (χ0n) is 9.43. The minimum Gasteiger partial charge on any atom is -0.258 e. The van der Waals surface area contributed by atoms with Crippen molar-refractivity contribution in [1.29, 1.82) is 0 Å². The molecule has 0 spiro atoms. The van der Waals surface area contributed by atoms with Gasteiger partial charge in [-0.2, -0.15) is 5.10 Å². The Morgan fingerprint density at radius 1 is 1.39 bits per heavy atom. The fourth-order valence-corrected chi connectivity index (χ4v) is 2.14. The van der Waals surface area contributed by atoms with Crippen molar-refractivity contribution in [1.82, 2.24) is 9.78 Å². The molecule has 0 saturated carbocycles. The highest BCUT2D eigenvalue weighted by molar-refractivity contribution is 6.32. The molecule has 0 aliphatic rings. The summed E-state index contributed by atoms with van der Waals surface area (Å²) < 4.78 is 1.37. The summed E-state index contributed by atoms with van der Waals surface area (Å²) in [6, 6.07) is 7.21. The van der Waals surface area contributed by atoms with E-state index in [1.165, 1.54) is 4.68 Å². The molecule has 2 aromatic rings. The Balaban J connectivity index is 2.39. The lowest BCUT2D eigenvalue weighted by atomic mass is 10.2. The minimum atomic E-state index is -0.534. The van der Waals surface area contributed by atoms with Gasteiger partial charge in [-0.25, -0.2) is 4.68 Å². The van der Waals surface area contributed by atoms with Crippen molar-refractivity contribution in [2.45, 2.75) is 13.5 Å². The second-order valence-electron chi connectivity index (χ2n) is 3.73. The van der Waals surface area contributed by atoms with Crippen LogP contribution in [0.1, 0.15) is 11.3 Å². The van der Waals surface area contributed by atoms with Gasteiger partial charge >= 0.3 is 5.69 Å². The summed E-state index contributed by atoms with van der Waals surface area (Å²) >= 11 is 12.0. The topological polar surface area (TPSA) is 61.0 Å². The first-order valence-electron chi connectivity index (χ1n) is 5.11. The van der Waals surface area contributed by atoms with Crippen LogP contribution in [0.3, 0.4) is 0 Å². The Morgan fingerprint density at radius 3 is 2.61 bits per heavy atom. The van der Waals surface area contributed by atoms with E-state index in [-0.39, 0.29) is 16.5 Å². The molecule has 0 bridgehead atoms. The van der Waals surface area contributed by atoms with Gasteiger partial charge in [0.05, 0.1) is 11.5 Å². The molecule has 0 saturated heterocycles. The third-order valence-electron chi connectivity index (χ3n) is 2.50. The number of benzene rings is 1. The molecule has 0 radical (unpaired) electrons. The summed E-state index contributed by atoms with van der Waals surface area (Å²) in [7, 11) is 0. The first kappa shape index (κ1) is 12.9. The van der Waals surface area contributed by atoms with Crippen molar-refractivity contribution in [2.24, 2.45) is 0 Å². The molecule has 2 rings (SSSR count). The van der Waals surface area contributed by atoms with E-state index in [0.29, 0.717) is 11.6 Å². The summed E-state index contributed by atoms with van der Waals surface area (Å²) in [6.45, 7) is 1.85. The third-order valence-corrected chi connectivity index (χ3v) is 3.24. The number of hydrogen-bond acceptors (Lipinski definition) is 3. The van der Waals surface area contributed by atoms with Gasteiger partial charge in [0.1, 0.15) is 5.69 Å². The van der Waals surface area contributed by atoms with E-state index in [2.05, 4.69) is 5.10 Å². The van der Waals surface area contributed by atoms with Crippen molar-refractivity contribution in [3.05, 3.63) is 55.8 Å². The van der Waals surface area contributed by atoms with E-state index < -0.39 is 4.92 Å². The number of nitro groups is 1. The van der Waals surface area contributed by atoms with Crippen molar-refractivity contribution >= 4 is 28.9 Å². The maximum absolute atomic E-state index is 10.8. The second kappa shape index (κ2) is 4.96. The van der Waals surface area contributed by atoms with Gasteiger partial charge in [-0.3, -0.25) is 10.1 Å². The Bertz CT molecular complexity index is 610. The van der Waals surface area contributed by atoms with Crippen molar-refractivity contribution < 1.29 is 4.92 Å². The summed E-state index contributed by atoms with van der Waals surface area (Å²) in [5.74, 6) is 0. The average Bonchev–Trinajstić information content (AvgIpc) is 2.57. The van der Waals surface area contributed by atoms with Gasteiger partial charge < -0.3 is 0 Å². The lowest BCUT2D eigenvalue weighted by Gasteiger charge is -2.04. The van der Waals surface area contributed by atoms with Crippen LogP contribution in [0.4, 0.5) is 5.69 Å². The van der Waals surface area contributed by atoms with E-state index >= 15 is 0 Å². The molecule has 18 heavy (non-hydrogen) atoms. The van der Waals surface area contributed by atoms with Crippen LogP contribution in [-0.2, 0) is 6.54 Å². The fourth-order valence-electron chi connectivity index (χ4n) is 1.64. The van der Waals surface area contributed by atoms with Gasteiger partial charge in [0.2, 0.25) is 5.15 Å². The predicted molar refractivity (Wildman–Crippen MR) is 69.2 cm³/mol. The molecule has 1 aromatic heterocycles. The van der Waals surface area contributed by atoms with Gasteiger partial charge in [0.25, 0.3) is 0 Å². The Morgan fingerprint density at radius 2 is 2.06 bits per heavy atom. The first-order chi connectivity index (χ1) is 8.50. The molecule has 0 aliphatic carbocycles. The minimum absolute atomic E-state index is 0.0115. The standard InChI is InChI=1S/C11H9Cl2N3O2/c1-7-10(16(17)18)11(13)15(14-7)6-8-4-2-3-5-9(8)12/h2-5H,6H2,1H3. The number of halogens is 2. The van der Waals surface area contributed by atoms with E-state index in [4.69, 9.17) is 23.2 Å². The molecular formula is C11H9Cl2N3O2. The summed E-state index contributed by atoms with van der Waals surface area (Å²) in [4.78, 5) is 10.3. The summed E-state index contributed by atoms with van der Waals surface area (Å²) in [5, 5.41) is 15.5. The van der Waals surface area contributed by atoms with Crippen LogP contribution in [0.15, 0.2) is 24.3 Å². The normalized spacial score (nSPS) is 10.6. The van der Waals surface area contributed by atoms with E-state index in [9.17, 15) is 10.1 Å². The maximum Gasteiger partial charge on any atom is 0.328 e. The van der Waals surface area contributed by atoms with Gasteiger partial charge in [-0.05, 0) is 18.6 Å². The molecule has 7 heteroatoms. The molecule has 1 aromatic carbocycles. The molecule has 0 aliphatic heterocycles. The average molecular weight is 286 g/mol. The molecule has 0 atom stereocenters. The predicted octanol–water partition coefficient (Wildman–Crippen LogP) is 3.45. The Kier molecular flexibility index (Phi) is 3.54. The highest BCUT2D eigenvalue weighted by Gasteiger charge is 2.23. The maximum atomic E-state index is 10.8. The van der Waals surface area contributed by atoms with Crippen LogP contribution in [0.2, 0.25) is 10.2 Å². The molecule has 94 valence electrons. The Hall–Kier alpha value is -1.59. The third kappa shape index (κ3) is 2.32. The smallest absolute Gasteiger partial charge is 0.258 e. The molecule has 0 amide bonds. The van der Waals surface area contributed by atoms with Crippen molar-refractivity contribution in [3.8, 4) is 0 Å². The number of aromatic nitrogens is 2. The molecule has 1 heterocycles. The second-order valence-corrected chi connectivity index (χ2v) is 4.50. The van der Waals surface area contributed by atoms with Crippen LogP contribution in [0.25, 0.3) is 0 Å². The van der Waals surface area contributed by atoms with Gasteiger partial charge in [0, 0.05) is 5.02 Å². The zero-order valence-corrected chi connectivity index (χ0v) is 10.9. The number of hydrogen-bond donors (Lipinski definition) is 0. The van der Waals surface area contributed by atoms with Gasteiger partial charge in [-0.1, -0.05) is 41.4 Å². The van der Waals surface area contributed by atoms with Crippen molar-refractivity contribution in [3.63, 3.8) is 0 Å². The SMILES string of the molecule is Cc1nn(Cc2ccccc2Cl)c(Cl)c1[N+](=O)[O-]. The lowest BCUT2D eigenvalue weighted by Crippen LogP contribution is -2.02. The van der Waals surface area contributed by atoms with Crippen LogP contribution < -0.4 is 0 Å². The van der Waals surface area contributed by atoms with Gasteiger partial charge in [0.15, 0.2) is 0 Å². The van der Waals surface area contributed by atoms with Crippen LogP contribution in [0, 0.1) is 17.0 Å². The largest absolute Gasteiger partial charge is 0.328 e. The molecule has 0 fully saturated rings. The number of nitrogens with zero attached hydrogens (tertiary/aromatic N) is 3. The highest BCUT2D eigenvalue weighted by Crippen LogP contribution is 2.29. The van der Waals surface area contributed by atoms with E-state index in [0.717, 1.165) is 5.56 Å². The van der Waals surface area contributed by atoms with Crippen molar-refractivity contribution in [2.75, 3.05) is 0 Å². The fraction of sp³-hybridized carbons (Fsp3) is 0.182. The molecule has 0 N–H and O–H groups in total. The summed E-state index contributed by atoms with van der Waals surface area (Å²) in [6.07, 6.45) is 0. The quantitative estimate of drug-likeness (QED) is 0.641. The van der Waals surface area contributed by atoms with Gasteiger partial charge in [-0.15, -0.1) is 0 Å². The van der Waals surface area contributed by atoms with E-state index in [1.807, 2.05) is 18.2 Å².